The number of carbonyl (C=O) groups is 1. The number of aliphatic hydroxyl groups is 1. The molecule has 13 heavy (non-hydrogen) atoms. The molecular weight excluding hydrogens is 173 g/mol. The minimum absolute atomic E-state index is 0.296. The van der Waals surface area contributed by atoms with E-state index in [1.54, 1.807) is 0 Å². The molecule has 3 N–H and O–H groups in total. The molecule has 0 radical (unpaired) electrons. The number of carbonyl (C=O) groups excluding carboxylic acids is 1. The Balaban J connectivity index is 2.61. The highest BCUT2D eigenvalue weighted by Crippen LogP contribution is 2.33. The van der Waals surface area contributed by atoms with Crippen LogP contribution in [0.3, 0.4) is 0 Å². The minimum atomic E-state index is -0.887. The second-order valence-electron chi connectivity index (χ2n) is 3.46. The Kier molecular flexibility index (Phi) is 2.95. The van der Waals surface area contributed by atoms with Crippen LogP contribution in [0.5, 0.6) is 0 Å². The molecule has 0 aromatic carbocycles. The van der Waals surface area contributed by atoms with Gasteiger partial charge in [0.1, 0.15) is 5.54 Å². The van der Waals surface area contributed by atoms with Crippen molar-refractivity contribution in [1.29, 1.82) is 0 Å². The van der Waals surface area contributed by atoms with E-state index in [9.17, 15) is 4.79 Å². The molecule has 0 aromatic rings. The van der Waals surface area contributed by atoms with E-state index in [2.05, 4.69) is 9.96 Å². The van der Waals surface area contributed by atoms with Crippen LogP contribution in [-0.2, 0) is 9.53 Å². The Morgan fingerprint density at radius 1 is 1.69 bits per heavy atom. The normalized spacial score (nSPS) is 32.2. The first-order valence-corrected chi connectivity index (χ1v) is 4.22. The van der Waals surface area contributed by atoms with Crippen LogP contribution in [0.15, 0.2) is 0 Å². The molecule has 0 aromatic heterocycles. The summed E-state index contributed by atoms with van der Waals surface area (Å²) in [5.74, 6) is -0.432. The van der Waals surface area contributed by atoms with Crippen molar-refractivity contribution in [2.24, 2.45) is 0 Å². The number of hydrogen-bond donors (Lipinski definition) is 3. The lowest BCUT2D eigenvalue weighted by molar-refractivity contribution is -0.157. The largest absolute Gasteiger partial charge is 0.468 e. The molecule has 0 unspecified atom stereocenters. The van der Waals surface area contributed by atoms with Crippen molar-refractivity contribution in [2.45, 2.75) is 31.3 Å². The van der Waals surface area contributed by atoms with Gasteiger partial charge in [-0.25, -0.2) is 0 Å². The highest BCUT2D eigenvalue weighted by Gasteiger charge is 2.51. The third-order valence-electron chi connectivity index (χ3n) is 2.23. The van der Waals surface area contributed by atoms with Gasteiger partial charge in [0.25, 0.3) is 0 Å². The van der Waals surface area contributed by atoms with Crippen molar-refractivity contribution in [3.8, 4) is 0 Å². The number of rotatable bonds is 3. The van der Waals surface area contributed by atoms with E-state index in [1.807, 2.05) is 0 Å². The lowest BCUT2D eigenvalue weighted by atomic mass is 9.69. The molecule has 1 fully saturated rings. The van der Waals surface area contributed by atoms with E-state index in [0.29, 0.717) is 12.8 Å². The summed E-state index contributed by atoms with van der Waals surface area (Å²) in [7, 11) is 0.505. The summed E-state index contributed by atoms with van der Waals surface area (Å²) in [5.41, 5.74) is -0.887. The molecule has 1 saturated carbocycles. The second kappa shape index (κ2) is 3.65. The van der Waals surface area contributed by atoms with Crippen LogP contribution in [0.25, 0.3) is 0 Å². The second-order valence-corrected chi connectivity index (χ2v) is 3.46. The molecule has 0 bridgehead atoms. The van der Waals surface area contributed by atoms with Crippen LogP contribution < -0.4 is 5.23 Å². The number of hydrogen-bond acceptors (Lipinski definition) is 5. The Labute approximate surface area is 77.2 Å². The van der Waals surface area contributed by atoms with Gasteiger partial charge >= 0.3 is 13.0 Å². The molecule has 0 spiro atoms. The molecule has 0 atom stereocenters. The average Bonchev–Trinajstić information content (AvgIpc) is 1.98. The number of ether oxygens (including phenoxy) is 1. The molecule has 74 valence electrons. The Morgan fingerprint density at radius 3 is 2.54 bits per heavy atom. The maximum atomic E-state index is 11.3. The summed E-state index contributed by atoms with van der Waals surface area (Å²) in [6.45, 7) is 1.52. The molecule has 0 heterocycles. The van der Waals surface area contributed by atoms with Gasteiger partial charge in [-0.05, 0) is 6.82 Å². The van der Waals surface area contributed by atoms with Crippen molar-refractivity contribution in [3.05, 3.63) is 0 Å². The highest BCUT2D eigenvalue weighted by molar-refractivity contribution is 6.46. The van der Waals surface area contributed by atoms with Gasteiger partial charge in [-0.2, -0.15) is 0 Å². The first kappa shape index (κ1) is 10.5. The van der Waals surface area contributed by atoms with E-state index in [4.69, 9.17) is 10.1 Å². The fourth-order valence-corrected chi connectivity index (χ4v) is 1.68. The number of nitrogens with one attached hydrogen (secondary N) is 1. The van der Waals surface area contributed by atoms with Crippen LogP contribution in [0, 0.1) is 0 Å². The topological polar surface area (TPSA) is 78.8 Å². The summed E-state index contributed by atoms with van der Waals surface area (Å²) in [4.78, 5) is 11.3. The molecule has 6 heteroatoms. The lowest BCUT2D eigenvalue weighted by Gasteiger charge is -2.43. The third kappa shape index (κ3) is 2.01. The van der Waals surface area contributed by atoms with E-state index >= 15 is 0 Å². The van der Waals surface area contributed by atoms with E-state index in [-0.39, 0.29) is 0 Å². The Morgan fingerprint density at radius 2 is 2.23 bits per heavy atom. The molecule has 0 saturated heterocycles. The minimum Gasteiger partial charge on any atom is -0.468 e. The van der Waals surface area contributed by atoms with Crippen molar-refractivity contribution < 1.29 is 19.7 Å². The molecule has 1 aliphatic rings. The Hall–Kier alpha value is -0.585. The van der Waals surface area contributed by atoms with Crippen molar-refractivity contribution in [2.75, 3.05) is 7.11 Å². The van der Waals surface area contributed by atoms with Crippen molar-refractivity contribution >= 4 is 13.0 Å². The van der Waals surface area contributed by atoms with Gasteiger partial charge in [-0.1, -0.05) is 0 Å². The monoisotopic (exact) mass is 187 g/mol. The zero-order chi connectivity index (χ0) is 10.1. The molecule has 0 amide bonds. The number of aliphatic hydroxyl groups excluding tert-OH is 1. The first-order chi connectivity index (χ1) is 6.00. The zero-order valence-corrected chi connectivity index (χ0v) is 7.78. The van der Waals surface area contributed by atoms with Gasteiger partial charge in [-0.3, -0.25) is 4.79 Å². The predicted molar refractivity (Wildman–Crippen MR) is 47.0 cm³/mol. The summed E-state index contributed by atoms with van der Waals surface area (Å²) < 4.78 is 4.58. The van der Waals surface area contributed by atoms with Crippen LogP contribution in [-0.4, -0.2) is 41.9 Å². The molecule has 1 rings (SSSR count). The SMILES string of the molecule is COC(=O)[C@]1(NB(C)O)C[C@@H](O)C1. The van der Waals surface area contributed by atoms with Gasteiger partial charge in [0, 0.05) is 12.8 Å². The quantitative estimate of drug-likeness (QED) is 0.380. The zero-order valence-electron chi connectivity index (χ0n) is 7.78. The van der Waals surface area contributed by atoms with Gasteiger partial charge in [-0.15, -0.1) is 0 Å². The van der Waals surface area contributed by atoms with Crippen LogP contribution in [0.1, 0.15) is 12.8 Å². The van der Waals surface area contributed by atoms with Crippen LogP contribution in [0.2, 0.25) is 6.82 Å². The molecular formula is C7H14BNO4. The summed E-state index contributed by atoms with van der Waals surface area (Å²) >= 11 is 0. The van der Waals surface area contributed by atoms with Crippen LogP contribution >= 0.6 is 0 Å². The number of esters is 1. The standard InChI is InChI=1S/C7H14BNO4/c1-8(12)9-7(6(11)13-2)3-5(10)4-7/h5,9-10,12H,3-4H2,1-2H3/t5-,7+. The van der Waals surface area contributed by atoms with Crippen LogP contribution in [0.4, 0.5) is 0 Å². The maximum Gasteiger partial charge on any atom is 0.374 e. The predicted octanol–water partition coefficient (Wildman–Crippen LogP) is -1.25. The van der Waals surface area contributed by atoms with E-state index in [1.165, 1.54) is 13.9 Å². The van der Waals surface area contributed by atoms with Crippen molar-refractivity contribution in [1.82, 2.24) is 5.23 Å². The van der Waals surface area contributed by atoms with E-state index < -0.39 is 24.7 Å². The highest BCUT2D eigenvalue weighted by atomic mass is 16.5. The smallest absolute Gasteiger partial charge is 0.374 e. The van der Waals surface area contributed by atoms with E-state index in [0.717, 1.165) is 0 Å². The fourth-order valence-electron chi connectivity index (χ4n) is 1.68. The van der Waals surface area contributed by atoms with Gasteiger partial charge in [0.05, 0.1) is 13.2 Å². The average molecular weight is 187 g/mol. The Bertz CT molecular complexity index is 203. The molecule has 1 aliphatic carbocycles. The summed E-state index contributed by atoms with van der Waals surface area (Å²) in [6, 6.07) is 0. The van der Waals surface area contributed by atoms with Gasteiger partial charge in [0.2, 0.25) is 0 Å². The van der Waals surface area contributed by atoms with Gasteiger partial charge < -0.3 is 20.1 Å². The lowest BCUT2D eigenvalue weighted by Crippen LogP contribution is -2.66. The first-order valence-electron chi connectivity index (χ1n) is 4.22. The summed E-state index contributed by atoms with van der Waals surface area (Å²) in [6.07, 6.45) is 0.111. The summed E-state index contributed by atoms with van der Waals surface area (Å²) in [5, 5.41) is 20.9. The molecule has 5 nitrogen and oxygen atoms in total. The third-order valence-corrected chi connectivity index (χ3v) is 2.23. The van der Waals surface area contributed by atoms with Crippen molar-refractivity contribution in [3.63, 3.8) is 0 Å². The fraction of sp³-hybridized carbons (Fsp3) is 0.857. The maximum absolute atomic E-state index is 11.3. The molecule has 0 aliphatic heterocycles. The van der Waals surface area contributed by atoms with Gasteiger partial charge in [0.15, 0.2) is 0 Å². The number of methoxy groups -OCH3 is 1.